The number of nitrogens with one attached hydrogen (secondary N) is 2. The van der Waals surface area contributed by atoms with Gasteiger partial charge in [0.05, 0.1) is 11.8 Å². The van der Waals surface area contributed by atoms with Gasteiger partial charge in [-0.2, -0.15) is 0 Å². The van der Waals surface area contributed by atoms with Crippen molar-refractivity contribution in [3.05, 3.63) is 30.1 Å². The molecule has 4 rings (SSSR count). The number of pyridine rings is 1. The van der Waals surface area contributed by atoms with E-state index in [1.165, 1.54) is 25.7 Å². The summed E-state index contributed by atoms with van der Waals surface area (Å²) in [4.78, 5) is 11.8. The predicted octanol–water partition coefficient (Wildman–Crippen LogP) is 3.96. The lowest BCUT2D eigenvalue weighted by Crippen LogP contribution is -2.65. The molecule has 174 valence electrons. The van der Waals surface area contributed by atoms with Gasteiger partial charge in [0, 0.05) is 56.5 Å². The van der Waals surface area contributed by atoms with Crippen molar-refractivity contribution in [3.8, 4) is 0 Å². The summed E-state index contributed by atoms with van der Waals surface area (Å²) in [5, 5.41) is 7.56. The van der Waals surface area contributed by atoms with Gasteiger partial charge >= 0.3 is 0 Å². The first-order valence-electron chi connectivity index (χ1n) is 12.0. The van der Waals surface area contributed by atoms with Crippen molar-refractivity contribution in [2.75, 3.05) is 26.2 Å². The number of aromatic nitrogens is 1. The smallest absolute Gasteiger partial charge is 0.191 e. The summed E-state index contributed by atoms with van der Waals surface area (Å²) < 4.78 is 6.09. The highest BCUT2D eigenvalue weighted by molar-refractivity contribution is 14.0. The van der Waals surface area contributed by atoms with Gasteiger partial charge in [0.25, 0.3) is 0 Å². The second-order valence-electron chi connectivity index (χ2n) is 9.16. The normalized spacial score (nSPS) is 26.3. The number of piperidine rings is 1. The molecule has 1 aliphatic heterocycles. The average Bonchev–Trinajstić information content (AvgIpc) is 3.29. The Kier molecular flexibility index (Phi) is 9.40. The van der Waals surface area contributed by atoms with Gasteiger partial charge in [-0.3, -0.25) is 14.9 Å². The minimum Gasteiger partial charge on any atom is -0.378 e. The molecule has 0 radical (unpaired) electrons. The van der Waals surface area contributed by atoms with Gasteiger partial charge in [0.1, 0.15) is 0 Å². The Morgan fingerprint density at radius 2 is 1.97 bits per heavy atom. The number of halogens is 1. The van der Waals surface area contributed by atoms with E-state index in [2.05, 4.69) is 46.5 Å². The minimum atomic E-state index is 0. The number of hydrogen-bond acceptors (Lipinski definition) is 4. The number of nitrogens with zero attached hydrogens (tertiary/aromatic N) is 3. The van der Waals surface area contributed by atoms with E-state index in [9.17, 15) is 0 Å². The van der Waals surface area contributed by atoms with Crippen molar-refractivity contribution in [2.24, 2.45) is 10.4 Å². The number of aliphatic imine (C=N–C) groups is 1. The van der Waals surface area contributed by atoms with E-state index in [0.717, 1.165) is 63.7 Å². The van der Waals surface area contributed by atoms with Gasteiger partial charge in [-0.05, 0) is 58.1 Å². The van der Waals surface area contributed by atoms with Crippen LogP contribution < -0.4 is 10.6 Å². The topological polar surface area (TPSA) is 61.8 Å². The molecule has 0 aromatic carbocycles. The van der Waals surface area contributed by atoms with Gasteiger partial charge in [0.15, 0.2) is 5.96 Å². The third kappa shape index (κ3) is 5.90. The number of guanidine groups is 1. The summed E-state index contributed by atoms with van der Waals surface area (Å²) in [5.74, 6) is 1.01. The van der Waals surface area contributed by atoms with E-state index in [-0.39, 0.29) is 24.0 Å². The molecule has 2 aliphatic carbocycles. The molecule has 1 aromatic rings. The van der Waals surface area contributed by atoms with Crippen LogP contribution in [0.3, 0.4) is 0 Å². The maximum Gasteiger partial charge on any atom is 0.191 e. The number of rotatable bonds is 7. The molecule has 31 heavy (non-hydrogen) atoms. The zero-order valence-electron chi connectivity index (χ0n) is 19.2. The zero-order chi connectivity index (χ0) is 20.8. The highest BCUT2D eigenvalue weighted by Gasteiger charge is 2.57. The molecule has 0 bridgehead atoms. The van der Waals surface area contributed by atoms with Crippen LogP contribution in [-0.2, 0) is 11.3 Å². The second kappa shape index (κ2) is 11.8. The summed E-state index contributed by atoms with van der Waals surface area (Å²) in [7, 11) is 0. The van der Waals surface area contributed by atoms with Crippen molar-refractivity contribution in [2.45, 2.75) is 83.5 Å². The van der Waals surface area contributed by atoms with Crippen molar-refractivity contribution in [1.29, 1.82) is 0 Å². The molecule has 2 heterocycles. The van der Waals surface area contributed by atoms with Gasteiger partial charge in [-0.25, -0.2) is 0 Å². The fourth-order valence-electron chi connectivity index (χ4n) is 5.69. The maximum absolute atomic E-state index is 6.09. The fourth-order valence-corrected chi connectivity index (χ4v) is 5.69. The molecule has 0 amide bonds. The predicted molar refractivity (Wildman–Crippen MR) is 137 cm³/mol. The van der Waals surface area contributed by atoms with Gasteiger partial charge in [0.2, 0.25) is 0 Å². The van der Waals surface area contributed by atoms with E-state index in [1.807, 2.05) is 12.3 Å². The fraction of sp³-hybridized carbons (Fsp3) is 0.750. The molecule has 1 aromatic heterocycles. The summed E-state index contributed by atoms with van der Waals surface area (Å²) in [6.45, 7) is 9.03. The van der Waals surface area contributed by atoms with Crippen molar-refractivity contribution in [3.63, 3.8) is 0 Å². The Labute approximate surface area is 205 Å². The van der Waals surface area contributed by atoms with Crippen LogP contribution >= 0.6 is 24.0 Å². The van der Waals surface area contributed by atoms with Crippen LogP contribution in [0.4, 0.5) is 0 Å². The van der Waals surface area contributed by atoms with E-state index >= 15 is 0 Å². The molecule has 2 saturated carbocycles. The van der Waals surface area contributed by atoms with Crippen LogP contribution in [0.2, 0.25) is 0 Å². The van der Waals surface area contributed by atoms with E-state index in [4.69, 9.17) is 9.73 Å². The molecular weight excluding hydrogens is 501 g/mol. The maximum atomic E-state index is 6.09. The van der Waals surface area contributed by atoms with Crippen LogP contribution in [0.5, 0.6) is 0 Å². The quantitative estimate of drug-likeness (QED) is 0.311. The Bertz CT molecular complexity index is 686. The minimum absolute atomic E-state index is 0. The second-order valence-corrected chi connectivity index (χ2v) is 9.16. The Balaban J connectivity index is 0.00000272. The first kappa shape index (κ1) is 24.7. The average molecular weight is 542 g/mol. The third-order valence-electron chi connectivity index (χ3n) is 7.35. The standard InChI is InChI=1S/C24H39N5O.HI/c1-3-25-23(28-21-17-22(30-4-2)24(21)12-6-7-13-24)27-19-10-15-29(16-11-19)18-20-9-5-8-14-26-20;/h5,8-9,14,19,21-22H,3-4,6-7,10-13,15-18H2,1-2H3,(H2,25,27,28);1H. The summed E-state index contributed by atoms with van der Waals surface area (Å²) >= 11 is 0. The number of hydrogen-bond donors (Lipinski definition) is 2. The molecule has 6 nitrogen and oxygen atoms in total. The summed E-state index contributed by atoms with van der Waals surface area (Å²) in [5.41, 5.74) is 1.49. The Hall–Kier alpha value is -0.930. The number of ether oxygens (including phenoxy) is 1. The third-order valence-corrected chi connectivity index (χ3v) is 7.35. The van der Waals surface area contributed by atoms with Gasteiger partial charge in [-0.1, -0.05) is 18.9 Å². The first-order valence-corrected chi connectivity index (χ1v) is 12.0. The Morgan fingerprint density at radius 3 is 2.61 bits per heavy atom. The largest absolute Gasteiger partial charge is 0.378 e. The SMILES string of the molecule is CCN=C(NC1CCN(Cc2ccccn2)CC1)NC1CC(OCC)C12CCCC2.I. The van der Waals surface area contributed by atoms with Crippen LogP contribution in [0.1, 0.15) is 64.5 Å². The Morgan fingerprint density at radius 1 is 1.19 bits per heavy atom. The molecule has 2 unspecified atom stereocenters. The highest BCUT2D eigenvalue weighted by Crippen LogP contribution is 2.54. The number of likely N-dealkylation sites (tertiary alicyclic amines) is 1. The van der Waals surface area contributed by atoms with Crippen LogP contribution in [0.15, 0.2) is 29.4 Å². The lowest BCUT2D eigenvalue weighted by molar-refractivity contribution is -0.125. The lowest BCUT2D eigenvalue weighted by atomic mass is 9.60. The van der Waals surface area contributed by atoms with E-state index < -0.39 is 0 Å². The zero-order valence-corrected chi connectivity index (χ0v) is 21.5. The summed E-state index contributed by atoms with van der Waals surface area (Å²) in [6.07, 6.45) is 11.0. The molecule has 1 saturated heterocycles. The molecule has 3 aliphatic rings. The van der Waals surface area contributed by atoms with Gasteiger partial charge in [-0.15, -0.1) is 24.0 Å². The van der Waals surface area contributed by atoms with E-state index in [1.54, 1.807) is 0 Å². The van der Waals surface area contributed by atoms with Crippen LogP contribution in [0.25, 0.3) is 0 Å². The lowest BCUT2D eigenvalue weighted by Gasteiger charge is -2.54. The van der Waals surface area contributed by atoms with Crippen LogP contribution in [-0.4, -0.2) is 60.3 Å². The highest BCUT2D eigenvalue weighted by atomic mass is 127. The molecule has 1 spiro atoms. The molecule has 2 N–H and O–H groups in total. The monoisotopic (exact) mass is 541 g/mol. The van der Waals surface area contributed by atoms with Gasteiger partial charge < -0.3 is 15.4 Å². The van der Waals surface area contributed by atoms with Crippen molar-refractivity contribution >= 4 is 29.9 Å². The summed E-state index contributed by atoms with van der Waals surface area (Å²) in [6, 6.07) is 7.16. The van der Waals surface area contributed by atoms with Crippen LogP contribution in [0, 0.1) is 5.41 Å². The molecule has 3 fully saturated rings. The first-order chi connectivity index (χ1) is 14.7. The van der Waals surface area contributed by atoms with E-state index in [0.29, 0.717) is 23.6 Å². The molecule has 2 atom stereocenters. The molecular formula is C24H40IN5O. The molecule has 7 heteroatoms. The van der Waals surface area contributed by atoms with Crippen molar-refractivity contribution < 1.29 is 4.74 Å². The van der Waals surface area contributed by atoms with Crippen molar-refractivity contribution in [1.82, 2.24) is 20.5 Å².